The molecule has 0 aliphatic rings. The SMILES string of the molecule is Cc1ccc(C(=O)C(OC(=O)c2ccc(C(C)(C)C)cc2)c2ccccc2)cc1C. The summed E-state index contributed by atoms with van der Waals surface area (Å²) >= 11 is 0. The lowest BCUT2D eigenvalue weighted by atomic mass is 9.87. The van der Waals surface area contributed by atoms with E-state index in [1.165, 1.54) is 0 Å². The van der Waals surface area contributed by atoms with Gasteiger partial charge >= 0.3 is 5.97 Å². The first kappa shape index (κ1) is 21.5. The summed E-state index contributed by atoms with van der Waals surface area (Å²) in [7, 11) is 0. The second kappa shape index (κ2) is 8.66. The van der Waals surface area contributed by atoms with E-state index in [-0.39, 0.29) is 11.2 Å². The third kappa shape index (κ3) is 4.85. The van der Waals surface area contributed by atoms with Crippen LogP contribution in [-0.2, 0) is 10.2 Å². The Hall–Kier alpha value is -3.20. The lowest BCUT2D eigenvalue weighted by Gasteiger charge is -2.20. The van der Waals surface area contributed by atoms with Gasteiger partial charge in [0.25, 0.3) is 0 Å². The van der Waals surface area contributed by atoms with Crippen molar-refractivity contribution in [1.82, 2.24) is 0 Å². The van der Waals surface area contributed by atoms with Crippen LogP contribution in [0.2, 0.25) is 0 Å². The minimum atomic E-state index is -0.997. The summed E-state index contributed by atoms with van der Waals surface area (Å²) in [6.07, 6.45) is -0.997. The van der Waals surface area contributed by atoms with Crippen LogP contribution in [0.3, 0.4) is 0 Å². The first-order chi connectivity index (χ1) is 14.2. The Morgan fingerprint density at radius 3 is 1.93 bits per heavy atom. The van der Waals surface area contributed by atoms with Gasteiger partial charge in [0.1, 0.15) is 0 Å². The molecule has 0 saturated carbocycles. The largest absolute Gasteiger partial charge is 0.445 e. The fraction of sp³-hybridized carbons (Fsp3) is 0.259. The number of Topliss-reactive ketones (excluding diaryl/α,β-unsaturated/α-hetero) is 1. The van der Waals surface area contributed by atoms with Crippen molar-refractivity contribution in [2.45, 2.75) is 46.1 Å². The van der Waals surface area contributed by atoms with Crippen LogP contribution >= 0.6 is 0 Å². The van der Waals surface area contributed by atoms with Crippen LogP contribution in [-0.4, -0.2) is 11.8 Å². The molecule has 0 N–H and O–H groups in total. The van der Waals surface area contributed by atoms with Gasteiger partial charge in [-0.05, 0) is 54.2 Å². The molecule has 0 aliphatic carbocycles. The number of carbonyl (C=O) groups excluding carboxylic acids is 2. The van der Waals surface area contributed by atoms with Crippen LogP contribution in [0.5, 0.6) is 0 Å². The summed E-state index contributed by atoms with van der Waals surface area (Å²) in [5, 5.41) is 0. The minimum Gasteiger partial charge on any atom is -0.445 e. The molecule has 0 saturated heterocycles. The molecule has 0 spiro atoms. The molecule has 3 rings (SSSR count). The van der Waals surface area contributed by atoms with E-state index in [1.54, 1.807) is 30.3 Å². The van der Waals surface area contributed by atoms with Crippen molar-refractivity contribution in [2.75, 3.05) is 0 Å². The Labute approximate surface area is 178 Å². The minimum absolute atomic E-state index is 0.00568. The van der Waals surface area contributed by atoms with Gasteiger partial charge in [-0.3, -0.25) is 4.79 Å². The van der Waals surface area contributed by atoms with E-state index in [2.05, 4.69) is 20.8 Å². The molecule has 0 radical (unpaired) electrons. The zero-order valence-electron chi connectivity index (χ0n) is 18.2. The van der Waals surface area contributed by atoms with Crippen molar-refractivity contribution in [1.29, 1.82) is 0 Å². The number of carbonyl (C=O) groups is 2. The molecule has 3 aromatic rings. The van der Waals surface area contributed by atoms with Crippen LogP contribution in [0, 0.1) is 13.8 Å². The van der Waals surface area contributed by atoms with Crippen LogP contribution < -0.4 is 0 Å². The van der Waals surface area contributed by atoms with Gasteiger partial charge in [0.15, 0.2) is 6.10 Å². The Morgan fingerprint density at radius 2 is 1.37 bits per heavy atom. The molecule has 1 unspecified atom stereocenters. The smallest absolute Gasteiger partial charge is 0.339 e. The third-order valence-corrected chi connectivity index (χ3v) is 5.34. The first-order valence-corrected chi connectivity index (χ1v) is 10.1. The fourth-order valence-electron chi connectivity index (χ4n) is 3.23. The predicted octanol–water partition coefficient (Wildman–Crippen LogP) is 6.38. The van der Waals surface area contributed by atoms with Crippen molar-refractivity contribution >= 4 is 11.8 Å². The zero-order chi connectivity index (χ0) is 21.9. The quantitative estimate of drug-likeness (QED) is 0.368. The van der Waals surface area contributed by atoms with E-state index in [0.29, 0.717) is 16.7 Å². The molecule has 3 nitrogen and oxygen atoms in total. The standard InChI is InChI=1S/C27H28O3/c1-18-11-12-22(17-19(18)2)24(28)25(20-9-7-6-8-10-20)30-26(29)21-13-15-23(16-14-21)27(3,4)5/h6-17,25H,1-5H3. The van der Waals surface area contributed by atoms with Gasteiger partial charge in [-0.1, -0.05) is 75.4 Å². The van der Waals surface area contributed by atoms with Crippen LogP contribution in [0.1, 0.15) is 69.8 Å². The Kier molecular flexibility index (Phi) is 6.21. The molecule has 0 bridgehead atoms. The van der Waals surface area contributed by atoms with Gasteiger partial charge in [-0.25, -0.2) is 4.79 Å². The molecule has 0 aliphatic heterocycles. The predicted molar refractivity (Wildman–Crippen MR) is 120 cm³/mol. The lowest BCUT2D eigenvalue weighted by Crippen LogP contribution is -2.20. The summed E-state index contributed by atoms with van der Waals surface area (Å²) in [4.78, 5) is 26.2. The highest BCUT2D eigenvalue weighted by atomic mass is 16.5. The number of rotatable bonds is 5. The van der Waals surface area contributed by atoms with E-state index < -0.39 is 12.1 Å². The topological polar surface area (TPSA) is 43.4 Å². The summed E-state index contributed by atoms with van der Waals surface area (Å²) in [5.74, 6) is -0.745. The van der Waals surface area contributed by atoms with E-state index in [1.807, 2.05) is 56.3 Å². The highest BCUT2D eigenvalue weighted by Gasteiger charge is 2.27. The molecular weight excluding hydrogens is 372 g/mol. The van der Waals surface area contributed by atoms with Gasteiger partial charge in [-0.15, -0.1) is 0 Å². The monoisotopic (exact) mass is 400 g/mol. The molecule has 1 atom stereocenters. The van der Waals surface area contributed by atoms with E-state index >= 15 is 0 Å². The maximum Gasteiger partial charge on any atom is 0.339 e. The van der Waals surface area contributed by atoms with Crippen LogP contribution in [0.15, 0.2) is 72.8 Å². The molecule has 3 aromatic carbocycles. The molecule has 0 fully saturated rings. The van der Waals surface area contributed by atoms with Crippen molar-refractivity contribution in [3.63, 3.8) is 0 Å². The number of ketones is 1. The number of esters is 1. The maximum atomic E-state index is 13.3. The Balaban J connectivity index is 1.90. The van der Waals surface area contributed by atoms with Crippen LogP contribution in [0.25, 0.3) is 0 Å². The van der Waals surface area contributed by atoms with Crippen molar-refractivity contribution in [2.24, 2.45) is 0 Å². The lowest BCUT2D eigenvalue weighted by molar-refractivity contribution is 0.0280. The number of aryl methyl sites for hydroxylation is 2. The maximum absolute atomic E-state index is 13.3. The average molecular weight is 401 g/mol. The summed E-state index contributed by atoms with van der Waals surface area (Å²) in [6.45, 7) is 10.3. The summed E-state index contributed by atoms with van der Waals surface area (Å²) in [6, 6.07) is 22.1. The van der Waals surface area contributed by atoms with Gasteiger partial charge in [0.2, 0.25) is 5.78 Å². The Bertz CT molecular complexity index is 1040. The highest BCUT2D eigenvalue weighted by Crippen LogP contribution is 2.26. The normalized spacial score (nSPS) is 12.3. The first-order valence-electron chi connectivity index (χ1n) is 10.1. The van der Waals surface area contributed by atoms with E-state index in [0.717, 1.165) is 16.7 Å². The van der Waals surface area contributed by atoms with E-state index in [9.17, 15) is 9.59 Å². The van der Waals surface area contributed by atoms with Crippen molar-refractivity contribution < 1.29 is 14.3 Å². The van der Waals surface area contributed by atoms with Gasteiger partial charge in [0, 0.05) is 11.1 Å². The molecule has 0 amide bonds. The average Bonchev–Trinajstić information content (AvgIpc) is 2.73. The molecule has 154 valence electrons. The highest BCUT2D eigenvalue weighted by molar-refractivity contribution is 6.02. The summed E-state index contributed by atoms with van der Waals surface area (Å²) < 4.78 is 5.75. The fourth-order valence-corrected chi connectivity index (χ4v) is 3.23. The third-order valence-electron chi connectivity index (χ3n) is 5.34. The van der Waals surface area contributed by atoms with Crippen LogP contribution in [0.4, 0.5) is 0 Å². The number of hydrogen-bond donors (Lipinski definition) is 0. The van der Waals surface area contributed by atoms with E-state index in [4.69, 9.17) is 4.74 Å². The molecule has 30 heavy (non-hydrogen) atoms. The molecular formula is C27H28O3. The van der Waals surface area contributed by atoms with Crippen molar-refractivity contribution in [3.05, 3.63) is 106 Å². The van der Waals surface area contributed by atoms with Crippen molar-refractivity contribution in [3.8, 4) is 0 Å². The molecule has 3 heteroatoms. The zero-order valence-corrected chi connectivity index (χ0v) is 18.2. The van der Waals surface area contributed by atoms with Gasteiger partial charge < -0.3 is 4.74 Å². The number of hydrogen-bond acceptors (Lipinski definition) is 3. The second-order valence-corrected chi connectivity index (χ2v) is 8.69. The number of benzene rings is 3. The molecule has 0 aromatic heterocycles. The number of ether oxygens (including phenoxy) is 1. The van der Waals surface area contributed by atoms with Gasteiger partial charge in [-0.2, -0.15) is 0 Å². The Morgan fingerprint density at radius 1 is 0.767 bits per heavy atom. The van der Waals surface area contributed by atoms with Gasteiger partial charge in [0.05, 0.1) is 5.56 Å². The molecule has 0 heterocycles. The summed E-state index contributed by atoms with van der Waals surface area (Å²) in [5.41, 5.74) is 4.87. The second-order valence-electron chi connectivity index (χ2n) is 8.69.